The van der Waals surface area contributed by atoms with E-state index >= 15 is 0 Å². The van der Waals surface area contributed by atoms with Crippen LogP contribution in [0.1, 0.15) is 42.9 Å². The van der Waals surface area contributed by atoms with E-state index in [-0.39, 0.29) is 49.0 Å². The summed E-state index contributed by atoms with van der Waals surface area (Å²) in [5.41, 5.74) is 8.16. The summed E-state index contributed by atoms with van der Waals surface area (Å²) in [7, 11) is 0. The molecule has 2 aliphatic rings. The van der Waals surface area contributed by atoms with Gasteiger partial charge in [0.2, 0.25) is 5.91 Å². The third-order valence-corrected chi connectivity index (χ3v) is 5.18. The zero-order valence-electron chi connectivity index (χ0n) is 15.4. The molecule has 3 rings (SSSR count). The quantitative estimate of drug-likeness (QED) is 0.765. The summed E-state index contributed by atoms with van der Waals surface area (Å²) in [6.45, 7) is 5.42. The predicted molar refractivity (Wildman–Crippen MR) is 109 cm³/mol. The smallest absolute Gasteiger partial charge is 0.249 e. The number of benzene rings is 1. The molecular weight excluding hydrogens is 373 g/mol. The highest BCUT2D eigenvalue weighted by molar-refractivity contribution is 5.85. The molecule has 0 saturated carbocycles. The monoisotopic (exact) mass is 403 g/mol. The van der Waals surface area contributed by atoms with E-state index in [0.717, 1.165) is 25.9 Å². The number of aryl methyl sites for hydroxylation is 1. The fourth-order valence-electron chi connectivity index (χ4n) is 3.68. The van der Waals surface area contributed by atoms with Crippen LogP contribution in [0.3, 0.4) is 0 Å². The zero-order chi connectivity index (χ0) is 16.9. The van der Waals surface area contributed by atoms with Gasteiger partial charge < -0.3 is 15.8 Å². The van der Waals surface area contributed by atoms with Gasteiger partial charge in [0.15, 0.2) is 0 Å². The molecule has 0 aromatic heterocycles. The molecule has 148 valence electrons. The molecule has 2 saturated heterocycles. The predicted octanol–water partition coefficient (Wildman–Crippen LogP) is 2.60. The van der Waals surface area contributed by atoms with Crippen LogP contribution < -0.4 is 11.1 Å². The van der Waals surface area contributed by atoms with E-state index in [1.54, 1.807) is 0 Å². The van der Waals surface area contributed by atoms with Crippen molar-refractivity contribution in [3.63, 3.8) is 0 Å². The van der Waals surface area contributed by atoms with E-state index < -0.39 is 0 Å². The number of halogens is 2. The first-order chi connectivity index (χ1) is 11.7. The van der Waals surface area contributed by atoms with Gasteiger partial charge >= 0.3 is 0 Å². The Morgan fingerprint density at radius 1 is 1.23 bits per heavy atom. The third-order valence-electron chi connectivity index (χ3n) is 5.18. The van der Waals surface area contributed by atoms with Crippen molar-refractivity contribution < 1.29 is 9.53 Å². The molecule has 2 heterocycles. The maximum Gasteiger partial charge on any atom is 0.249 e. The van der Waals surface area contributed by atoms with Gasteiger partial charge in [0.05, 0.1) is 12.1 Å². The summed E-state index contributed by atoms with van der Waals surface area (Å²) in [6.07, 6.45) is 3.82. The number of amides is 1. The van der Waals surface area contributed by atoms with Crippen LogP contribution in [0, 0.1) is 6.92 Å². The minimum atomic E-state index is -0.337. The van der Waals surface area contributed by atoms with Gasteiger partial charge in [0.25, 0.3) is 0 Å². The van der Waals surface area contributed by atoms with Gasteiger partial charge in [-0.1, -0.05) is 29.8 Å². The SMILES string of the molecule is Cc1ccc(C(CNC(=O)[C@@H]2CC[C@H](CN)O2)N2CCCC2)cc1.Cl.Cl. The van der Waals surface area contributed by atoms with Crippen molar-refractivity contribution in [1.29, 1.82) is 0 Å². The van der Waals surface area contributed by atoms with Gasteiger partial charge in [-0.15, -0.1) is 24.8 Å². The summed E-state index contributed by atoms with van der Waals surface area (Å²) in [5.74, 6) is 0.00209. The summed E-state index contributed by atoms with van der Waals surface area (Å²) >= 11 is 0. The lowest BCUT2D eigenvalue weighted by Crippen LogP contribution is -2.41. The fraction of sp³-hybridized carbons (Fsp3) is 0.632. The maximum absolute atomic E-state index is 12.4. The molecule has 1 aromatic rings. The van der Waals surface area contributed by atoms with Crippen LogP contribution in [0.2, 0.25) is 0 Å². The minimum Gasteiger partial charge on any atom is -0.364 e. The van der Waals surface area contributed by atoms with Crippen LogP contribution in [0.5, 0.6) is 0 Å². The molecule has 26 heavy (non-hydrogen) atoms. The van der Waals surface area contributed by atoms with E-state index in [1.165, 1.54) is 24.0 Å². The first kappa shape index (κ1) is 23.2. The molecule has 2 fully saturated rings. The molecule has 2 aliphatic heterocycles. The lowest BCUT2D eigenvalue weighted by molar-refractivity contribution is -0.132. The van der Waals surface area contributed by atoms with Crippen molar-refractivity contribution in [3.8, 4) is 0 Å². The number of rotatable bonds is 6. The average molecular weight is 404 g/mol. The highest BCUT2D eigenvalue weighted by atomic mass is 35.5. The van der Waals surface area contributed by atoms with Crippen molar-refractivity contribution in [2.45, 2.75) is 50.9 Å². The van der Waals surface area contributed by atoms with Gasteiger partial charge in [0.1, 0.15) is 6.10 Å². The van der Waals surface area contributed by atoms with E-state index in [9.17, 15) is 4.79 Å². The van der Waals surface area contributed by atoms with Crippen LogP contribution >= 0.6 is 24.8 Å². The van der Waals surface area contributed by atoms with Crippen molar-refractivity contribution in [2.75, 3.05) is 26.2 Å². The third kappa shape index (κ3) is 5.83. The van der Waals surface area contributed by atoms with Gasteiger partial charge in [-0.2, -0.15) is 0 Å². The number of likely N-dealkylation sites (tertiary alicyclic amines) is 1. The summed E-state index contributed by atoms with van der Waals surface area (Å²) in [6, 6.07) is 8.89. The van der Waals surface area contributed by atoms with Crippen LogP contribution in [-0.4, -0.2) is 49.2 Å². The van der Waals surface area contributed by atoms with E-state index in [2.05, 4.69) is 41.4 Å². The molecule has 3 N–H and O–H groups in total. The second-order valence-corrected chi connectivity index (χ2v) is 6.97. The Morgan fingerprint density at radius 2 is 1.88 bits per heavy atom. The number of nitrogens with one attached hydrogen (secondary N) is 1. The Bertz CT molecular complexity index is 550. The van der Waals surface area contributed by atoms with Gasteiger partial charge in [0, 0.05) is 13.1 Å². The first-order valence-corrected chi connectivity index (χ1v) is 9.11. The maximum atomic E-state index is 12.4. The molecule has 3 atom stereocenters. The molecule has 0 aliphatic carbocycles. The Morgan fingerprint density at radius 3 is 2.46 bits per heavy atom. The molecule has 0 bridgehead atoms. The summed E-state index contributed by atoms with van der Waals surface area (Å²) in [4.78, 5) is 14.9. The second kappa shape index (κ2) is 11.1. The molecule has 1 amide bonds. The van der Waals surface area contributed by atoms with Gasteiger partial charge in [-0.05, 0) is 51.3 Å². The number of hydrogen-bond donors (Lipinski definition) is 2. The van der Waals surface area contributed by atoms with Crippen molar-refractivity contribution in [1.82, 2.24) is 10.2 Å². The Hall–Kier alpha value is -0.850. The highest BCUT2D eigenvalue weighted by Gasteiger charge is 2.31. The van der Waals surface area contributed by atoms with Gasteiger partial charge in [-0.3, -0.25) is 9.69 Å². The Labute approximate surface area is 168 Å². The van der Waals surface area contributed by atoms with Gasteiger partial charge in [-0.25, -0.2) is 0 Å². The first-order valence-electron chi connectivity index (χ1n) is 9.11. The zero-order valence-corrected chi connectivity index (χ0v) is 17.0. The van der Waals surface area contributed by atoms with Crippen LogP contribution in [0.25, 0.3) is 0 Å². The number of nitrogens with two attached hydrogens (primary N) is 1. The number of hydrogen-bond acceptors (Lipinski definition) is 4. The number of carbonyl (C=O) groups is 1. The molecule has 7 heteroatoms. The summed E-state index contributed by atoms with van der Waals surface area (Å²) in [5, 5.41) is 3.11. The minimum absolute atomic E-state index is 0. The lowest BCUT2D eigenvalue weighted by Gasteiger charge is -2.28. The van der Waals surface area contributed by atoms with Crippen molar-refractivity contribution in [2.24, 2.45) is 5.73 Å². The van der Waals surface area contributed by atoms with E-state index in [0.29, 0.717) is 13.1 Å². The second-order valence-electron chi connectivity index (χ2n) is 6.97. The van der Waals surface area contributed by atoms with Crippen molar-refractivity contribution in [3.05, 3.63) is 35.4 Å². The molecule has 1 unspecified atom stereocenters. The Balaban J connectivity index is 0.00000169. The summed E-state index contributed by atoms with van der Waals surface area (Å²) < 4.78 is 5.70. The molecular formula is C19H31Cl2N3O2. The normalized spacial score (nSPS) is 23.8. The van der Waals surface area contributed by atoms with Crippen LogP contribution in [0.4, 0.5) is 0 Å². The number of nitrogens with zero attached hydrogens (tertiary/aromatic N) is 1. The average Bonchev–Trinajstić information content (AvgIpc) is 3.28. The van der Waals surface area contributed by atoms with E-state index in [4.69, 9.17) is 10.5 Å². The molecule has 0 radical (unpaired) electrons. The van der Waals surface area contributed by atoms with Crippen LogP contribution in [-0.2, 0) is 9.53 Å². The molecule has 5 nitrogen and oxygen atoms in total. The standard InChI is InChI=1S/C19H29N3O2.2ClH/c1-14-4-6-15(7-5-14)17(22-10-2-3-11-22)13-21-19(23)18-9-8-16(12-20)24-18;;/h4-7,16-18H,2-3,8-13,20H2,1H3,(H,21,23);2*1H/t16-,17?,18+;;/m1../s1. The highest BCUT2D eigenvalue weighted by Crippen LogP contribution is 2.25. The van der Waals surface area contributed by atoms with E-state index in [1.807, 2.05) is 0 Å². The number of ether oxygens (including phenoxy) is 1. The lowest BCUT2D eigenvalue weighted by atomic mass is 10.0. The molecule has 1 aromatic carbocycles. The largest absolute Gasteiger partial charge is 0.364 e. The topological polar surface area (TPSA) is 67.6 Å². The Kier molecular flexibility index (Phi) is 9.90. The van der Waals surface area contributed by atoms with Crippen molar-refractivity contribution >= 4 is 30.7 Å². The van der Waals surface area contributed by atoms with Crippen LogP contribution in [0.15, 0.2) is 24.3 Å². The number of carbonyl (C=O) groups excluding carboxylic acids is 1. The molecule has 0 spiro atoms. The fourth-order valence-corrected chi connectivity index (χ4v) is 3.68.